The molecule has 9 heteroatoms. The van der Waals surface area contributed by atoms with E-state index in [9.17, 15) is 10.1 Å². The van der Waals surface area contributed by atoms with Crippen molar-refractivity contribution in [2.45, 2.75) is 19.3 Å². The van der Waals surface area contributed by atoms with E-state index in [1.165, 1.54) is 28.4 Å². The number of furan rings is 1. The zero-order chi connectivity index (χ0) is 22.0. The van der Waals surface area contributed by atoms with E-state index in [2.05, 4.69) is 16.7 Å². The van der Waals surface area contributed by atoms with E-state index in [1.54, 1.807) is 30.3 Å². The van der Waals surface area contributed by atoms with Gasteiger partial charge in [-0.15, -0.1) is 11.3 Å². The van der Waals surface area contributed by atoms with Crippen molar-refractivity contribution in [3.05, 3.63) is 68.2 Å². The molecule has 0 unspecified atom stereocenters. The van der Waals surface area contributed by atoms with Gasteiger partial charge in [-0.25, -0.2) is 0 Å². The number of amides is 1. The van der Waals surface area contributed by atoms with Crippen molar-refractivity contribution in [1.29, 1.82) is 5.26 Å². The molecule has 5 nitrogen and oxygen atoms in total. The van der Waals surface area contributed by atoms with Crippen molar-refractivity contribution in [2.75, 3.05) is 5.32 Å². The average molecular weight is 488 g/mol. The topological polar surface area (TPSA) is 78.1 Å². The van der Waals surface area contributed by atoms with Crippen LogP contribution in [0.25, 0.3) is 17.4 Å². The molecular formula is C22H15Cl2N3O2S2. The number of fused-ring (bicyclic) bond motifs is 1. The number of hydrogen-bond donors (Lipinski definition) is 2. The second kappa shape index (κ2) is 9.25. The van der Waals surface area contributed by atoms with E-state index in [0.29, 0.717) is 37.7 Å². The molecule has 1 aliphatic rings. The molecule has 0 saturated carbocycles. The summed E-state index contributed by atoms with van der Waals surface area (Å²) in [4.78, 5) is 13.4. The quantitative estimate of drug-likeness (QED) is 0.338. The van der Waals surface area contributed by atoms with Gasteiger partial charge in [0.25, 0.3) is 0 Å². The third-order valence-corrected chi connectivity index (χ3v) is 6.68. The number of carbonyl (C=O) groups excluding carboxylic acids is 1. The number of thiophene rings is 1. The van der Waals surface area contributed by atoms with E-state index in [4.69, 9.17) is 39.8 Å². The summed E-state index contributed by atoms with van der Waals surface area (Å²) in [5, 5.41) is 16.8. The smallest absolute Gasteiger partial charge is 0.250 e. The minimum absolute atomic E-state index is 0.138. The molecule has 31 heavy (non-hydrogen) atoms. The molecule has 3 aromatic rings. The van der Waals surface area contributed by atoms with Crippen molar-refractivity contribution in [3.63, 3.8) is 0 Å². The summed E-state index contributed by atoms with van der Waals surface area (Å²) >= 11 is 18.9. The van der Waals surface area contributed by atoms with Gasteiger partial charge in [-0.05, 0) is 73.5 Å². The van der Waals surface area contributed by atoms with Crippen LogP contribution in [0.2, 0.25) is 10.0 Å². The highest BCUT2D eigenvalue weighted by molar-refractivity contribution is 7.80. The molecule has 1 aliphatic carbocycles. The van der Waals surface area contributed by atoms with Crippen LogP contribution in [-0.4, -0.2) is 11.0 Å². The van der Waals surface area contributed by atoms with Crippen LogP contribution >= 0.6 is 46.8 Å². The maximum absolute atomic E-state index is 12.2. The maximum atomic E-state index is 12.2. The number of halogens is 2. The number of nitrogens with one attached hydrogen (secondary N) is 2. The first-order chi connectivity index (χ1) is 14.9. The van der Waals surface area contributed by atoms with Crippen molar-refractivity contribution < 1.29 is 9.21 Å². The summed E-state index contributed by atoms with van der Waals surface area (Å²) in [7, 11) is 0. The Bertz CT molecular complexity index is 1250. The molecule has 0 aliphatic heterocycles. The second-order valence-electron chi connectivity index (χ2n) is 6.78. The van der Waals surface area contributed by atoms with Crippen LogP contribution in [0.3, 0.4) is 0 Å². The van der Waals surface area contributed by atoms with Gasteiger partial charge in [0.1, 0.15) is 22.6 Å². The SMILES string of the molecule is N#Cc1c(NC(=S)NC(=O)/C=C/c2ccc(-c3ccc(Cl)cc3Cl)o2)sc2c1CCC2. The maximum Gasteiger partial charge on any atom is 0.250 e. The van der Waals surface area contributed by atoms with Crippen LogP contribution < -0.4 is 10.6 Å². The van der Waals surface area contributed by atoms with Crippen LogP contribution in [0.15, 0.2) is 40.8 Å². The number of nitrogens with zero attached hydrogens (tertiary/aromatic N) is 1. The van der Waals surface area contributed by atoms with Crippen LogP contribution in [0, 0.1) is 11.3 Å². The zero-order valence-corrected chi connectivity index (χ0v) is 19.1. The molecular weight excluding hydrogens is 473 g/mol. The Labute approximate surface area is 198 Å². The van der Waals surface area contributed by atoms with Gasteiger partial charge in [0, 0.05) is 21.5 Å². The number of anilines is 1. The van der Waals surface area contributed by atoms with E-state index in [-0.39, 0.29) is 5.11 Å². The number of aryl methyl sites for hydroxylation is 1. The Morgan fingerprint density at radius 2 is 2.10 bits per heavy atom. The van der Waals surface area contributed by atoms with Crippen LogP contribution in [0.5, 0.6) is 0 Å². The Morgan fingerprint density at radius 1 is 1.26 bits per heavy atom. The van der Waals surface area contributed by atoms with Gasteiger partial charge in [-0.3, -0.25) is 10.1 Å². The largest absolute Gasteiger partial charge is 0.457 e. The van der Waals surface area contributed by atoms with Gasteiger partial charge < -0.3 is 9.73 Å². The van der Waals surface area contributed by atoms with E-state index >= 15 is 0 Å². The van der Waals surface area contributed by atoms with Gasteiger partial charge in [0.15, 0.2) is 5.11 Å². The van der Waals surface area contributed by atoms with Gasteiger partial charge in [0.05, 0.1) is 10.6 Å². The summed E-state index contributed by atoms with van der Waals surface area (Å²) < 4.78 is 5.73. The first kappa shape index (κ1) is 21.6. The van der Waals surface area contributed by atoms with Crippen LogP contribution in [0.4, 0.5) is 5.00 Å². The van der Waals surface area contributed by atoms with Gasteiger partial charge in [0.2, 0.25) is 5.91 Å². The molecule has 1 aromatic carbocycles. The molecule has 0 fully saturated rings. The highest BCUT2D eigenvalue weighted by Crippen LogP contribution is 2.38. The third kappa shape index (κ3) is 4.83. The first-order valence-corrected chi connectivity index (χ1v) is 11.3. The minimum atomic E-state index is -0.414. The molecule has 0 spiro atoms. The lowest BCUT2D eigenvalue weighted by molar-refractivity contribution is -0.115. The highest BCUT2D eigenvalue weighted by Gasteiger charge is 2.22. The van der Waals surface area contributed by atoms with Gasteiger partial charge >= 0.3 is 0 Å². The average Bonchev–Trinajstić information content (AvgIpc) is 3.42. The lowest BCUT2D eigenvalue weighted by Crippen LogP contribution is -2.32. The van der Waals surface area contributed by atoms with Crippen LogP contribution in [-0.2, 0) is 17.6 Å². The van der Waals surface area contributed by atoms with Crippen molar-refractivity contribution in [1.82, 2.24) is 5.32 Å². The summed E-state index contributed by atoms with van der Waals surface area (Å²) in [6.07, 6.45) is 5.81. The molecule has 0 bridgehead atoms. The minimum Gasteiger partial charge on any atom is -0.457 e. The number of thiocarbonyl (C=S) groups is 1. The van der Waals surface area contributed by atoms with Gasteiger partial charge in [-0.1, -0.05) is 23.2 Å². The number of rotatable bonds is 4. The monoisotopic (exact) mass is 487 g/mol. The summed E-state index contributed by atoms with van der Waals surface area (Å²) in [6.45, 7) is 0. The predicted molar refractivity (Wildman–Crippen MR) is 129 cm³/mol. The van der Waals surface area contributed by atoms with E-state index in [1.807, 2.05) is 0 Å². The third-order valence-electron chi connectivity index (χ3n) is 4.72. The van der Waals surface area contributed by atoms with Crippen molar-refractivity contribution in [3.8, 4) is 17.4 Å². The molecule has 2 aromatic heterocycles. The number of nitriles is 1. The number of hydrogen-bond acceptors (Lipinski definition) is 5. The van der Waals surface area contributed by atoms with Crippen molar-refractivity contribution in [2.24, 2.45) is 0 Å². The Balaban J connectivity index is 1.37. The summed E-state index contributed by atoms with van der Waals surface area (Å²) in [6, 6.07) is 10.9. The van der Waals surface area contributed by atoms with E-state index < -0.39 is 5.91 Å². The lowest BCUT2D eigenvalue weighted by atomic mass is 10.1. The van der Waals surface area contributed by atoms with Gasteiger partial charge in [-0.2, -0.15) is 5.26 Å². The molecule has 4 rings (SSSR count). The fourth-order valence-electron chi connectivity index (χ4n) is 3.33. The number of carbonyl (C=O) groups is 1. The molecule has 2 N–H and O–H groups in total. The lowest BCUT2D eigenvalue weighted by Gasteiger charge is -2.06. The van der Waals surface area contributed by atoms with Crippen molar-refractivity contribution >= 4 is 68.9 Å². The Morgan fingerprint density at radius 3 is 2.87 bits per heavy atom. The normalized spacial score (nSPS) is 12.5. The summed E-state index contributed by atoms with van der Waals surface area (Å²) in [5.41, 5.74) is 2.42. The first-order valence-electron chi connectivity index (χ1n) is 9.34. The molecule has 2 heterocycles. The Kier molecular flexibility index (Phi) is 6.44. The highest BCUT2D eigenvalue weighted by atomic mass is 35.5. The summed E-state index contributed by atoms with van der Waals surface area (Å²) in [5.74, 6) is 0.632. The fourth-order valence-corrected chi connectivity index (χ4v) is 5.35. The molecule has 0 saturated heterocycles. The standard InChI is InChI=1S/C22H15Cl2N3O2S2/c23-12-4-7-15(17(24)10-12)18-8-5-13(29-18)6-9-20(28)26-22(30)27-21-16(11-25)14-2-1-3-19(14)31-21/h4-10H,1-3H2,(H2,26,27,28,30)/b9-6+. The molecule has 1 amide bonds. The Hall–Kier alpha value is -2.63. The zero-order valence-electron chi connectivity index (χ0n) is 16.0. The molecule has 0 atom stereocenters. The second-order valence-corrected chi connectivity index (χ2v) is 9.13. The molecule has 156 valence electrons. The van der Waals surface area contributed by atoms with E-state index in [0.717, 1.165) is 24.8 Å². The number of benzene rings is 1. The molecule has 0 radical (unpaired) electrons. The van der Waals surface area contributed by atoms with Crippen LogP contribution in [0.1, 0.15) is 28.2 Å². The predicted octanol–water partition coefficient (Wildman–Crippen LogP) is 6.20. The fraction of sp³-hybridized carbons (Fsp3) is 0.136.